The Bertz CT molecular complexity index is 874. The van der Waals surface area contributed by atoms with Crippen LogP contribution in [0.15, 0.2) is 23.1 Å². The minimum Gasteiger partial charge on any atom is -0.379 e. The van der Waals surface area contributed by atoms with Gasteiger partial charge in [-0.2, -0.15) is 4.98 Å². The van der Waals surface area contributed by atoms with E-state index in [1.54, 1.807) is 0 Å². The van der Waals surface area contributed by atoms with Crippen LogP contribution in [0, 0.1) is 6.92 Å². The number of nitrogens with two attached hydrogens (primary N) is 1. The number of thioether (sulfide) groups is 1. The average molecular weight is 406 g/mol. The average Bonchev–Trinajstić information content (AvgIpc) is 2.86. The first-order chi connectivity index (χ1) is 13.0. The van der Waals surface area contributed by atoms with E-state index in [2.05, 4.69) is 20.2 Å². The number of benzene rings is 1. The number of fused-ring (bicyclic) bond motifs is 1. The fraction of sp³-hybridized carbons (Fsp3) is 0.389. The molecule has 2 aliphatic heterocycles. The van der Waals surface area contributed by atoms with Crippen molar-refractivity contribution in [3.63, 3.8) is 0 Å². The van der Waals surface area contributed by atoms with E-state index in [-0.39, 0.29) is 17.9 Å². The van der Waals surface area contributed by atoms with E-state index in [9.17, 15) is 4.79 Å². The highest BCUT2D eigenvalue weighted by molar-refractivity contribution is 8.00. The molecule has 1 aromatic heterocycles. The smallest absolute Gasteiger partial charge is 0.234 e. The molecule has 1 saturated heterocycles. The lowest BCUT2D eigenvalue weighted by Gasteiger charge is -2.32. The summed E-state index contributed by atoms with van der Waals surface area (Å²) in [5.41, 5.74) is 8.36. The van der Waals surface area contributed by atoms with E-state index in [1.165, 1.54) is 11.8 Å². The van der Waals surface area contributed by atoms with Crippen molar-refractivity contribution in [2.24, 2.45) is 0 Å². The molecular weight excluding hydrogens is 386 g/mol. The summed E-state index contributed by atoms with van der Waals surface area (Å²) in [5, 5.41) is 3.58. The van der Waals surface area contributed by atoms with Crippen LogP contribution in [0.1, 0.15) is 23.7 Å². The van der Waals surface area contributed by atoms with E-state index in [4.69, 9.17) is 22.1 Å². The Hall–Kier alpha value is -2.03. The molecular formula is C18H20ClN5O2S. The molecule has 142 valence electrons. The summed E-state index contributed by atoms with van der Waals surface area (Å²) in [7, 11) is 0. The molecule has 1 atom stereocenters. The molecule has 1 fully saturated rings. The second-order valence-electron chi connectivity index (χ2n) is 6.57. The minimum absolute atomic E-state index is 0.00561. The lowest BCUT2D eigenvalue weighted by Crippen LogP contribution is -2.32. The Balaban J connectivity index is 1.77. The Kier molecular flexibility index (Phi) is 5.12. The summed E-state index contributed by atoms with van der Waals surface area (Å²) in [4.78, 5) is 23.5. The van der Waals surface area contributed by atoms with Crippen LogP contribution in [0.5, 0.6) is 0 Å². The molecule has 3 heterocycles. The molecule has 3 N–H and O–H groups in total. The molecule has 4 rings (SSSR count). The van der Waals surface area contributed by atoms with Crippen LogP contribution in [-0.4, -0.2) is 41.4 Å². The predicted octanol–water partition coefficient (Wildman–Crippen LogP) is 3.03. The van der Waals surface area contributed by atoms with Gasteiger partial charge in [0.2, 0.25) is 11.9 Å². The number of hydrogen-bond acceptors (Lipinski definition) is 7. The van der Waals surface area contributed by atoms with Crippen molar-refractivity contribution in [2.75, 3.05) is 41.5 Å². The summed E-state index contributed by atoms with van der Waals surface area (Å²) >= 11 is 8.13. The maximum atomic E-state index is 11.8. The van der Waals surface area contributed by atoms with Crippen LogP contribution in [0.4, 0.5) is 17.5 Å². The largest absolute Gasteiger partial charge is 0.379 e. The number of hydrogen-bond donors (Lipinski definition) is 2. The van der Waals surface area contributed by atoms with Gasteiger partial charge in [0, 0.05) is 34.8 Å². The van der Waals surface area contributed by atoms with E-state index >= 15 is 0 Å². The molecule has 2 aliphatic rings. The van der Waals surface area contributed by atoms with E-state index < -0.39 is 0 Å². The second-order valence-corrected chi connectivity index (χ2v) is 7.99. The molecule has 2 aromatic rings. The van der Waals surface area contributed by atoms with Crippen molar-refractivity contribution in [1.29, 1.82) is 0 Å². The third-order valence-electron chi connectivity index (χ3n) is 4.58. The van der Waals surface area contributed by atoms with Crippen molar-refractivity contribution in [1.82, 2.24) is 9.97 Å². The minimum atomic E-state index is -0.136. The number of amides is 1. The summed E-state index contributed by atoms with van der Waals surface area (Å²) in [6, 6.07) is 5.64. The van der Waals surface area contributed by atoms with Crippen molar-refractivity contribution >= 4 is 46.7 Å². The number of nitrogens with one attached hydrogen (secondary N) is 1. The fourth-order valence-corrected chi connectivity index (χ4v) is 4.58. The topological polar surface area (TPSA) is 93.4 Å². The number of anilines is 3. The number of nitrogens with zero attached hydrogens (tertiary/aromatic N) is 3. The number of carbonyl (C=O) groups excluding carboxylic acids is 1. The quantitative estimate of drug-likeness (QED) is 0.793. The van der Waals surface area contributed by atoms with Crippen LogP contribution in [0.2, 0.25) is 5.02 Å². The van der Waals surface area contributed by atoms with Crippen LogP contribution in [0.3, 0.4) is 0 Å². The Morgan fingerprint density at radius 2 is 2.22 bits per heavy atom. The molecule has 0 bridgehead atoms. The number of aryl methyl sites for hydroxylation is 1. The number of nitrogen functional groups attached to an aromatic ring is 1. The normalized spacial score (nSPS) is 20.0. The van der Waals surface area contributed by atoms with Gasteiger partial charge in [-0.25, -0.2) is 4.98 Å². The van der Waals surface area contributed by atoms with E-state index in [0.717, 1.165) is 40.6 Å². The van der Waals surface area contributed by atoms with Crippen LogP contribution in [-0.2, 0) is 9.53 Å². The van der Waals surface area contributed by atoms with Gasteiger partial charge in [0.1, 0.15) is 5.82 Å². The summed E-state index contributed by atoms with van der Waals surface area (Å²) in [6.07, 6.45) is 0.870. The highest BCUT2D eigenvalue weighted by atomic mass is 35.5. The Morgan fingerprint density at radius 1 is 1.37 bits per heavy atom. The van der Waals surface area contributed by atoms with Crippen molar-refractivity contribution in [3.05, 3.63) is 34.5 Å². The highest BCUT2D eigenvalue weighted by Gasteiger charge is 2.29. The number of ether oxygens (including phenoxy) is 1. The lowest BCUT2D eigenvalue weighted by atomic mass is 10.0. The first-order valence-electron chi connectivity index (χ1n) is 8.73. The van der Waals surface area contributed by atoms with Crippen LogP contribution < -0.4 is 16.0 Å². The molecule has 0 aliphatic carbocycles. The first kappa shape index (κ1) is 18.3. The van der Waals surface area contributed by atoms with Gasteiger partial charge in [-0.15, -0.1) is 11.8 Å². The standard InChI is InChI=1S/C18H20ClN5O2S/c1-10-5-16(23-18(20)21-10)24-3-2-4-26-8-14(24)11-6-13-15(7-12(11)19)27-9-17(25)22-13/h5-7,14H,2-4,8-9H2,1H3,(H,22,25)(H2,20,21,23). The Labute approximate surface area is 166 Å². The SMILES string of the molecule is Cc1cc(N2CCCOCC2c2cc3c(cc2Cl)SCC(=O)N3)nc(N)n1. The zero-order valence-electron chi connectivity index (χ0n) is 14.9. The molecule has 0 radical (unpaired) electrons. The maximum absolute atomic E-state index is 11.8. The molecule has 0 saturated carbocycles. The number of halogens is 1. The number of rotatable bonds is 2. The van der Waals surface area contributed by atoms with Crippen molar-refractivity contribution < 1.29 is 9.53 Å². The molecule has 1 unspecified atom stereocenters. The molecule has 7 nitrogen and oxygen atoms in total. The lowest BCUT2D eigenvalue weighted by molar-refractivity contribution is -0.113. The summed E-state index contributed by atoms with van der Waals surface area (Å²) in [5.74, 6) is 1.40. The zero-order valence-corrected chi connectivity index (χ0v) is 16.4. The number of carbonyl (C=O) groups is 1. The third kappa shape index (κ3) is 3.83. The highest BCUT2D eigenvalue weighted by Crippen LogP contribution is 2.40. The van der Waals surface area contributed by atoms with Crippen LogP contribution >= 0.6 is 23.4 Å². The molecule has 9 heteroatoms. The molecule has 0 spiro atoms. The molecule has 1 aromatic carbocycles. The summed E-state index contributed by atoms with van der Waals surface area (Å²) in [6.45, 7) is 3.79. The van der Waals surface area contributed by atoms with Gasteiger partial charge in [0.05, 0.1) is 24.1 Å². The third-order valence-corrected chi connectivity index (χ3v) is 5.97. The van der Waals surface area contributed by atoms with Gasteiger partial charge in [-0.3, -0.25) is 4.79 Å². The van der Waals surface area contributed by atoms with Gasteiger partial charge < -0.3 is 20.7 Å². The summed E-state index contributed by atoms with van der Waals surface area (Å²) < 4.78 is 5.83. The molecule has 27 heavy (non-hydrogen) atoms. The van der Waals surface area contributed by atoms with E-state index in [0.29, 0.717) is 24.0 Å². The van der Waals surface area contributed by atoms with Crippen molar-refractivity contribution in [2.45, 2.75) is 24.3 Å². The monoisotopic (exact) mass is 405 g/mol. The second kappa shape index (κ2) is 7.53. The van der Waals surface area contributed by atoms with Crippen LogP contribution in [0.25, 0.3) is 0 Å². The van der Waals surface area contributed by atoms with E-state index in [1.807, 2.05) is 25.1 Å². The fourth-order valence-electron chi connectivity index (χ4n) is 3.40. The first-order valence-corrected chi connectivity index (χ1v) is 10.1. The van der Waals surface area contributed by atoms with Gasteiger partial charge >= 0.3 is 0 Å². The van der Waals surface area contributed by atoms with Gasteiger partial charge in [-0.1, -0.05) is 11.6 Å². The molecule has 1 amide bonds. The van der Waals surface area contributed by atoms with Gasteiger partial charge in [-0.05, 0) is 31.0 Å². The number of aromatic nitrogens is 2. The zero-order chi connectivity index (χ0) is 19.0. The predicted molar refractivity (Wildman–Crippen MR) is 108 cm³/mol. The Morgan fingerprint density at radius 3 is 3.04 bits per heavy atom. The van der Waals surface area contributed by atoms with Crippen molar-refractivity contribution in [3.8, 4) is 0 Å². The maximum Gasteiger partial charge on any atom is 0.234 e. The van der Waals surface area contributed by atoms with Gasteiger partial charge in [0.15, 0.2) is 0 Å². The van der Waals surface area contributed by atoms with Gasteiger partial charge in [0.25, 0.3) is 0 Å².